The maximum atomic E-state index is 13.0. The highest BCUT2D eigenvalue weighted by Gasteiger charge is 2.30. The Balaban J connectivity index is 5.28. The van der Waals surface area contributed by atoms with Crippen LogP contribution in [0.5, 0.6) is 0 Å². The van der Waals surface area contributed by atoms with Gasteiger partial charge in [0.25, 0.3) is 0 Å². The maximum Gasteiger partial charge on any atom is 0.472 e. The molecule has 0 radical (unpaired) electrons. The van der Waals surface area contributed by atoms with Crippen molar-refractivity contribution in [2.24, 2.45) is 11.8 Å². The van der Waals surface area contributed by atoms with Gasteiger partial charge in [0.15, 0.2) is 12.2 Å². The van der Waals surface area contributed by atoms with Gasteiger partial charge in [-0.25, -0.2) is 9.13 Å². The van der Waals surface area contributed by atoms with Gasteiger partial charge in [-0.05, 0) is 63.2 Å². The smallest absolute Gasteiger partial charge is 0.462 e. The Bertz CT molecular complexity index is 1780. The van der Waals surface area contributed by atoms with Gasteiger partial charge < -0.3 is 33.8 Å². The van der Waals surface area contributed by atoms with Crippen molar-refractivity contribution in [2.45, 2.75) is 330 Å². The lowest BCUT2D eigenvalue weighted by molar-refractivity contribution is -0.161. The molecule has 506 valence electrons. The number of phosphoric ester groups is 2. The lowest BCUT2D eigenvalue weighted by atomic mass is 10.00. The first-order valence-corrected chi connectivity index (χ1v) is 37.3. The Morgan fingerprint density at radius 2 is 0.686 bits per heavy atom. The van der Waals surface area contributed by atoms with Crippen molar-refractivity contribution in [1.82, 2.24) is 0 Å². The van der Waals surface area contributed by atoms with Crippen LogP contribution in [0.2, 0.25) is 0 Å². The highest BCUT2D eigenvalue weighted by atomic mass is 31.2. The zero-order valence-electron chi connectivity index (χ0n) is 55.1. The number of hydrogen-bond acceptors (Lipinski definition) is 15. The zero-order valence-corrected chi connectivity index (χ0v) is 56.9. The van der Waals surface area contributed by atoms with Gasteiger partial charge in [0.1, 0.15) is 19.3 Å². The number of rotatable bonds is 64. The number of carbonyl (C=O) groups excluding carboxylic acids is 4. The molecule has 0 aromatic rings. The number of carbonyl (C=O) groups is 4. The summed E-state index contributed by atoms with van der Waals surface area (Å²) in [4.78, 5) is 72.3. The molecule has 3 N–H and O–H groups in total. The molecular formula is C67H126O17P2. The summed E-state index contributed by atoms with van der Waals surface area (Å²) in [5.74, 6) is -0.740. The Morgan fingerprint density at radius 1 is 0.384 bits per heavy atom. The molecule has 0 heterocycles. The van der Waals surface area contributed by atoms with Crippen molar-refractivity contribution in [3.8, 4) is 0 Å². The molecule has 0 aliphatic rings. The third kappa shape index (κ3) is 59.2. The van der Waals surface area contributed by atoms with Crippen molar-refractivity contribution in [1.29, 1.82) is 0 Å². The molecule has 0 rings (SSSR count). The zero-order chi connectivity index (χ0) is 63.6. The van der Waals surface area contributed by atoms with E-state index in [0.29, 0.717) is 31.6 Å². The molecule has 0 spiro atoms. The molecule has 0 fully saturated rings. The lowest BCUT2D eigenvalue weighted by Gasteiger charge is -2.21. The van der Waals surface area contributed by atoms with Gasteiger partial charge in [0, 0.05) is 25.7 Å². The molecule has 6 atom stereocenters. The van der Waals surface area contributed by atoms with Gasteiger partial charge in [-0.2, -0.15) is 0 Å². The first kappa shape index (κ1) is 83.5. The molecule has 0 aliphatic carbocycles. The topological polar surface area (TPSA) is 237 Å². The lowest BCUT2D eigenvalue weighted by Crippen LogP contribution is -2.30. The first-order valence-electron chi connectivity index (χ1n) is 34.3. The van der Waals surface area contributed by atoms with Crippen LogP contribution < -0.4 is 0 Å². The minimum atomic E-state index is -4.96. The van der Waals surface area contributed by atoms with Gasteiger partial charge in [0.05, 0.1) is 26.4 Å². The van der Waals surface area contributed by atoms with E-state index >= 15 is 0 Å². The van der Waals surface area contributed by atoms with Crippen molar-refractivity contribution in [2.75, 3.05) is 39.6 Å². The normalized spacial score (nSPS) is 14.7. The summed E-state index contributed by atoms with van der Waals surface area (Å²) >= 11 is 0. The quantitative estimate of drug-likeness (QED) is 0.0169. The van der Waals surface area contributed by atoms with Crippen LogP contribution in [-0.4, -0.2) is 96.7 Å². The van der Waals surface area contributed by atoms with Crippen LogP contribution in [0.1, 0.15) is 311 Å². The first-order chi connectivity index (χ1) is 41.4. The van der Waals surface area contributed by atoms with E-state index in [2.05, 4.69) is 65.8 Å². The van der Waals surface area contributed by atoms with Crippen LogP contribution in [0.25, 0.3) is 0 Å². The SMILES string of the molecule is CCCCCC/C=C\C=C/CCCCCCCC(=O)O[C@H](COC(=O)CCCCCCCCCCCCC)COP(=O)(O)OC[C@@H](O)COP(=O)(O)OC[C@@H](COC(=O)CCCCCCCCC(C)CC)OC(=O)CCCCCCCCCC(C)C. The molecule has 3 unspecified atom stereocenters. The highest BCUT2D eigenvalue weighted by Crippen LogP contribution is 2.45. The van der Waals surface area contributed by atoms with E-state index in [1.807, 2.05) is 0 Å². The molecule has 0 aliphatic heterocycles. The van der Waals surface area contributed by atoms with E-state index in [1.165, 1.54) is 109 Å². The Hall–Kier alpha value is -2.46. The van der Waals surface area contributed by atoms with Crippen molar-refractivity contribution in [3.05, 3.63) is 24.3 Å². The van der Waals surface area contributed by atoms with Crippen LogP contribution in [0.15, 0.2) is 24.3 Å². The second kappa shape index (κ2) is 58.9. The fourth-order valence-corrected chi connectivity index (χ4v) is 11.1. The maximum absolute atomic E-state index is 13.0. The van der Waals surface area contributed by atoms with E-state index < -0.39 is 97.5 Å². The summed E-state index contributed by atoms with van der Waals surface area (Å²) in [5.41, 5.74) is 0. The third-order valence-electron chi connectivity index (χ3n) is 15.2. The monoisotopic (exact) mass is 1260 g/mol. The molecule has 19 heteroatoms. The Kier molecular flexibility index (Phi) is 57.2. The number of esters is 4. The largest absolute Gasteiger partial charge is 0.472 e. The summed E-state index contributed by atoms with van der Waals surface area (Å²) in [6.07, 6.45) is 45.3. The Labute approximate surface area is 522 Å². The van der Waals surface area contributed by atoms with Crippen molar-refractivity contribution < 1.29 is 80.2 Å². The molecular weight excluding hydrogens is 1140 g/mol. The van der Waals surface area contributed by atoms with Gasteiger partial charge >= 0.3 is 39.5 Å². The van der Waals surface area contributed by atoms with Crippen LogP contribution in [0.3, 0.4) is 0 Å². The molecule has 0 aromatic carbocycles. The van der Waals surface area contributed by atoms with Gasteiger partial charge in [-0.3, -0.25) is 37.3 Å². The number of aliphatic hydroxyl groups excluding tert-OH is 1. The van der Waals surface area contributed by atoms with E-state index in [9.17, 15) is 43.2 Å². The van der Waals surface area contributed by atoms with Crippen LogP contribution in [-0.2, 0) is 65.4 Å². The van der Waals surface area contributed by atoms with Crippen LogP contribution in [0.4, 0.5) is 0 Å². The second-order valence-corrected chi connectivity index (χ2v) is 27.1. The van der Waals surface area contributed by atoms with Crippen molar-refractivity contribution >= 4 is 39.5 Å². The Morgan fingerprint density at radius 3 is 1.05 bits per heavy atom. The fraction of sp³-hybridized carbons (Fsp3) is 0.881. The summed E-state index contributed by atoms with van der Waals surface area (Å²) in [7, 11) is -9.91. The summed E-state index contributed by atoms with van der Waals surface area (Å²) in [6, 6.07) is 0. The van der Waals surface area contributed by atoms with E-state index in [1.54, 1.807) is 0 Å². The van der Waals surface area contributed by atoms with Crippen LogP contribution >= 0.6 is 15.6 Å². The van der Waals surface area contributed by atoms with Crippen molar-refractivity contribution in [3.63, 3.8) is 0 Å². The van der Waals surface area contributed by atoms with Gasteiger partial charge in [-0.1, -0.05) is 258 Å². The molecule has 0 saturated heterocycles. The average molecular weight is 1270 g/mol. The predicted octanol–water partition coefficient (Wildman–Crippen LogP) is 18.4. The molecule has 0 amide bonds. The fourth-order valence-electron chi connectivity index (χ4n) is 9.49. The molecule has 86 heavy (non-hydrogen) atoms. The van der Waals surface area contributed by atoms with E-state index in [-0.39, 0.29) is 25.7 Å². The van der Waals surface area contributed by atoms with Crippen LogP contribution in [0, 0.1) is 11.8 Å². The number of phosphoric acid groups is 2. The molecule has 0 aromatic heterocycles. The predicted molar refractivity (Wildman–Crippen MR) is 344 cm³/mol. The number of ether oxygens (including phenoxy) is 4. The summed E-state index contributed by atoms with van der Waals surface area (Å²) in [5, 5.41) is 10.6. The standard InChI is InChI=1S/C67H126O17P2/c1-7-10-12-14-16-18-20-21-22-23-25-27-31-39-45-51-66(71)83-62(55-77-64(69)49-43-37-30-26-24-19-17-15-13-11-8-2)57-81-85(73,74)79-53-61(68)54-80-86(75,76)82-58-63(84-67(72)52-46-40-32-28-29-35-41-47-59(4)5)56-78-65(70)50-44-38-34-33-36-42-48-60(6)9-3/h18,20-22,59-63,68H,7-17,19,23-58H2,1-6H3,(H,73,74)(H,75,76)/b20-18-,22-21-/t60?,61-,62-,63-/m1/s1. The average Bonchev–Trinajstić information content (AvgIpc) is 3.65. The molecule has 0 bridgehead atoms. The second-order valence-electron chi connectivity index (χ2n) is 24.2. The molecule has 17 nitrogen and oxygen atoms in total. The number of unbranched alkanes of at least 4 members (excludes halogenated alkanes) is 30. The minimum Gasteiger partial charge on any atom is -0.462 e. The summed E-state index contributed by atoms with van der Waals surface area (Å²) < 4.78 is 68.0. The van der Waals surface area contributed by atoms with Gasteiger partial charge in [0.2, 0.25) is 0 Å². The number of hydrogen-bond donors (Lipinski definition) is 3. The van der Waals surface area contributed by atoms with E-state index in [4.69, 9.17) is 37.0 Å². The van der Waals surface area contributed by atoms with E-state index in [0.717, 1.165) is 115 Å². The highest BCUT2D eigenvalue weighted by molar-refractivity contribution is 7.47. The van der Waals surface area contributed by atoms with Gasteiger partial charge in [-0.15, -0.1) is 0 Å². The number of aliphatic hydroxyl groups is 1. The number of allylic oxidation sites excluding steroid dienone is 4. The minimum absolute atomic E-state index is 0.0847. The summed E-state index contributed by atoms with van der Waals surface area (Å²) in [6.45, 7) is 9.34. The third-order valence-corrected chi connectivity index (χ3v) is 17.1. The molecule has 0 saturated carbocycles.